The summed E-state index contributed by atoms with van der Waals surface area (Å²) < 4.78 is 0. The van der Waals surface area contributed by atoms with Gasteiger partial charge in [-0.1, -0.05) is 74.4 Å². The van der Waals surface area contributed by atoms with Crippen LogP contribution in [0.2, 0.25) is 0 Å². The molecule has 0 aliphatic heterocycles. The molecule has 5 rings (SSSR count). The van der Waals surface area contributed by atoms with Crippen molar-refractivity contribution in [2.24, 2.45) is 51.2 Å². The number of hydrogen-bond donors (Lipinski definition) is 3. The minimum Gasteiger partial charge on any atom is -0.507 e. The van der Waals surface area contributed by atoms with Crippen LogP contribution in [0.5, 0.6) is 5.75 Å². The summed E-state index contributed by atoms with van der Waals surface area (Å²) in [6.45, 7) is 18.2. The van der Waals surface area contributed by atoms with Gasteiger partial charge in [-0.05, 0) is 72.3 Å². The molecule has 0 saturated heterocycles. The number of rotatable bonds is 4. The maximum absolute atomic E-state index is 14.6. The second-order valence-corrected chi connectivity index (χ2v) is 17.2. The fourth-order valence-corrected chi connectivity index (χ4v) is 11.1. The van der Waals surface area contributed by atoms with Crippen molar-refractivity contribution in [2.45, 2.75) is 113 Å². The first-order chi connectivity index (χ1) is 20.5. The minimum absolute atomic E-state index is 0.0209. The normalized spacial score (nSPS) is 39.4. The van der Waals surface area contributed by atoms with Gasteiger partial charge in [-0.15, -0.1) is 0 Å². The number of hydrogen-bond acceptors (Lipinski definition) is 8. The zero-order valence-electron chi connectivity index (χ0n) is 28.4. The number of Topliss-reactive ketones (excluding diaryl/α,β-unsaturated/α-hetero) is 5. The lowest BCUT2D eigenvalue weighted by atomic mass is 9.37. The number of carbonyl (C=O) groups is 5. The van der Waals surface area contributed by atoms with Gasteiger partial charge in [0.1, 0.15) is 17.5 Å². The molecule has 3 saturated carbocycles. The lowest BCUT2D eigenvalue weighted by Gasteiger charge is -2.65. The van der Waals surface area contributed by atoms with Crippen LogP contribution in [-0.4, -0.2) is 55.9 Å². The molecule has 8 atom stereocenters. The first-order valence-electron chi connectivity index (χ1n) is 16.4. The molecule has 246 valence electrons. The van der Waals surface area contributed by atoms with Gasteiger partial charge in [-0.2, -0.15) is 0 Å². The highest BCUT2D eigenvalue weighted by Crippen LogP contribution is 2.66. The zero-order chi connectivity index (χ0) is 34.0. The van der Waals surface area contributed by atoms with Gasteiger partial charge in [-0.3, -0.25) is 24.0 Å². The number of aliphatic hydroxyl groups excluding tert-OH is 1. The van der Waals surface area contributed by atoms with E-state index in [1.165, 1.54) is 6.92 Å². The van der Waals surface area contributed by atoms with Gasteiger partial charge in [0.25, 0.3) is 0 Å². The molecule has 0 heterocycles. The van der Waals surface area contributed by atoms with Crippen molar-refractivity contribution in [3.05, 3.63) is 28.8 Å². The monoisotopic (exact) mass is 622 g/mol. The summed E-state index contributed by atoms with van der Waals surface area (Å²) in [6, 6.07) is 3.62. The predicted molar refractivity (Wildman–Crippen MR) is 168 cm³/mol. The summed E-state index contributed by atoms with van der Waals surface area (Å²) >= 11 is 0. The van der Waals surface area contributed by atoms with Crippen LogP contribution in [0.4, 0.5) is 0 Å². The molecule has 3 N–H and O–H groups in total. The first-order valence-corrected chi connectivity index (χ1v) is 16.4. The number of phenols is 1. The van der Waals surface area contributed by atoms with E-state index in [4.69, 9.17) is 0 Å². The second kappa shape index (κ2) is 10.1. The quantitative estimate of drug-likeness (QED) is 0.397. The fraction of sp³-hybridized carbons (Fsp3) is 0.703. The molecule has 1 aromatic rings. The third-order valence-electron chi connectivity index (χ3n) is 12.5. The van der Waals surface area contributed by atoms with Crippen molar-refractivity contribution in [3.8, 4) is 5.75 Å². The SMILES string of the molecule is CC(=O)C1C(=O)C(C(C)C)[C@@]2(C)[C@H](O)[C@]3(C)C(C(=O)c4c(ccc(CC5CC(C)(C)CC(C)(C)C5)c4O)[C@H]3C)C(=O)[C@@]2(O)C1=O. The van der Waals surface area contributed by atoms with E-state index in [0.717, 1.165) is 26.2 Å². The maximum Gasteiger partial charge on any atom is 0.191 e. The zero-order valence-corrected chi connectivity index (χ0v) is 28.4. The minimum atomic E-state index is -2.96. The van der Waals surface area contributed by atoms with Gasteiger partial charge in [0.05, 0.1) is 17.6 Å². The van der Waals surface area contributed by atoms with E-state index < -0.39 is 81.0 Å². The highest BCUT2D eigenvalue weighted by molar-refractivity contribution is 6.33. The van der Waals surface area contributed by atoms with Crippen LogP contribution in [-0.2, 0) is 25.6 Å². The average Bonchev–Trinajstić information content (AvgIpc) is 2.88. The second-order valence-electron chi connectivity index (χ2n) is 17.2. The number of carbonyl (C=O) groups excluding carboxylic acids is 5. The first kappa shape index (κ1) is 33.6. The van der Waals surface area contributed by atoms with Crippen LogP contribution in [0, 0.1) is 51.2 Å². The fourth-order valence-electron chi connectivity index (χ4n) is 11.1. The molecule has 0 amide bonds. The van der Waals surface area contributed by atoms with E-state index in [2.05, 4.69) is 27.7 Å². The summed E-state index contributed by atoms with van der Waals surface area (Å²) in [7, 11) is 0. The van der Waals surface area contributed by atoms with Crippen molar-refractivity contribution >= 4 is 28.9 Å². The largest absolute Gasteiger partial charge is 0.507 e. The number of fused-ring (bicyclic) bond motifs is 3. The average molecular weight is 623 g/mol. The highest BCUT2D eigenvalue weighted by Gasteiger charge is 2.80. The van der Waals surface area contributed by atoms with Gasteiger partial charge < -0.3 is 15.3 Å². The van der Waals surface area contributed by atoms with Gasteiger partial charge in [-0.25, -0.2) is 0 Å². The van der Waals surface area contributed by atoms with E-state index >= 15 is 0 Å². The van der Waals surface area contributed by atoms with Crippen LogP contribution in [0.25, 0.3) is 0 Å². The lowest BCUT2D eigenvalue weighted by molar-refractivity contribution is -0.240. The molecule has 4 aliphatic carbocycles. The van der Waals surface area contributed by atoms with Crippen molar-refractivity contribution in [1.82, 2.24) is 0 Å². The molecule has 1 aromatic carbocycles. The van der Waals surface area contributed by atoms with Crippen molar-refractivity contribution < 1.29 is 39.3 Å². The van der Waals surface area contributed by atoms with Crippen LogP contribution in [0.3, 0.4) is 0 Å². The smallest absolute Gasteiger partial charge is 0.191 e. The maximum atomic E-state index is 14.6. The summed E-state index contributed by atoms with van der Waals surface area (Å²) in [5.74, 6) is -10.6. The molecule has 3 unspecified atom stereocenters. The van der Waals surface area contributed by atoms with Crippen LogP contribution in [0.1, 0.15) is 116 Å². The van der Waals surface area contributed by atoms with Gasteiger partial charge in [0.2, 0.25) is 0 Å². The Morgan fingerprint density at radius 2 is 1.51 bits per heavy atom. The summed E-state index contributed by atoms with van der Waals surface area (Å²) in [4.78, 5) is 69.4. The van der Waals surface area contributed by atoms with Crippen LogP contribution < -0.4 is 0 Å². The Morgan fingerprint density at radius 1 is 0.956 bits per heavy atom. The van der Waals surface area contributed by atoms with E-state index in [0.29, 0.717) is 17.5 Å². The molecule has 0 radical (unpaired) electrons. The predicted octanol–water partition coefficient (Wildman–Crippen LogP) is 5.02. The lowest BCUT2D eigenvalue weighted by Crippen LogP contribution is -2.81. The summed E-state index contributed by atoms with van der Waals surface area (Å²) in [6.07, 6.45) is 1.89. The highest BCUT2D eigenvalue weighted by atomic mass is 16.3. The summed E-state index contributed by atoms with van der Waals surface area (Å²) in [5.41, 5.74) is -5.20. The van der Waals surface area contributed by atoms with E-state index in [-0.39, 0.29) is 28.1 Å². The third kappa shape index (κ3) is 4.33. The number of phenolic OH excluding ortho intramolecular Hbond substituents is 1. The Labute approximate surface area is 266 Å². The standard InChI is InChI=1S/C37H50O8/c1-17(2)25-28(40)23(19(4)38)30(42)37(45)31(43)26-29(41)24-22(18(3)35(26,9)32(44)36(25,37)10)12-11-21(27(24)39)13-20-14-33(5,6)16-34(7,8)15-20/h11-12,17-18,20,23,25-26,32,39,44-45H,13-16H2,1-10H3/t18-,23?,25?,26?,32-,35+,36+,37+/m1/s1. The Kier molecular flexibility index (Phi) is 7.58. The third-order valence-corrected chi connectivity index (χ3v) is 12.5. The number of aliphatic hydroxyl groups is 2. The molecule has 4 aliphatic rings. The Bertz CT molecular complexity index is 1500. The number of aromatic hydroxyl groups is 1. The number of ketones is 5. The van der Waals surface area contributed by atoms with E-state index in [1.54, 1.807) is 33.8 Å². The van der Waals surface area contributed by atoms with E-state index in [1.807, 2.05) is 6.07 Å². The topological polar surface area (TPSA) is 146 Å². The molecule has 8 nitrogen and oxygen atoms in total. The molecule has 3 fully saturated rings. The molecule has 0 spiro atoms. The van der Waals surface area contributed by atoms with E-state index in [9.17, 15) is 39.3 Å². The van der Waals surface area contributed by atoms with Gasteiger partial charge in [0.15, 0.2) is 28.7 Å². The van der Waals surface area contributed by atoms with Crippen LogP contribution in [0.15, 0.2) is 12.1 Å². The molecule has 0 aromatic heterocycles. The summed E-state index contributed by atoms with van der Waals surface area (Å²) in [5, 5.41) is 36.3. The molecular formula is C37H50O8. The number of benzene rings is 1. The van der Waals surface area contributed by atoms with Crippen molar-refractivity contribution in [1.29, 1.82) is 0 Å². The molecular weight excluding hydrogens is 572 g/mol. The van der Waals surface area contributed by atoms with Crippen LogP contribution >= 0.6 is 0 Å². The Balaban J connectivity index is 1.66. The van der Waals surface area contributed by atoms with Gasteiger partial charge in [0, 0.05) is 16.7 Å². The van der Waals surface area contributed by atoms with Crippen molar-refractivity contribution in [3.63, 3.8) is 0 Å². The Morgan fingerprint density at radius 3 is 2.02 bits per heavy atom. The van der Waals surface area contributed by atoms with Crippen molar-refractivity contribution in [2.75, 3.05) is 0 Å². The molecule has 0 bridgehead atoms. The molecule has 45 heavy (non-hydrogen) atoms. The Hall–Kier alpha value is -2.71. The van der Waals surface area contributed by atoms with Gasteiger partial charge >= 0.3 is 0 Å². The molecule has 8 heteroatoms.